The highest BCUT2D eigenvalue weighted by Crippen LogP contribution is 2.34. The molecule has 3 heteroatoms. The van der Waals surface area contributed by atoms with Crippen LogP contribution in [0, 0.1) is 12.8 Å². The van der Waals surface area contributed by atoms with Crippen molar-refractivity contribution in [1.29, 1.82) is 0 Å². The van der Waals surface area contributed by atoms with Gasteiger partial charge in [-0.05, 0) is 63.3 Å². The highest BCUT2D eigenvalue weighted by molar-refractivity contribution is 7.19. The molecule has 2 aromatic rings. The number of hydrogen-bond donors (Lipinski definition) is 1. The Hall–Kier alpha value is -0.900. The fraction of sp³-hybridized carbons (Fsp3) is 0.529. The number of aryl methyl sites for hydroxylation is 1. The molecule has 3 rings (SSSR count). The number of nitrogens with zero attached hydrogens (tertiary/aromatic N) is 1. The van der Waals surface area contributed by atoms with Gasteiger partial charge in [-0.2, -0.15) is 0 Å². The van der Waals surface area contributed by atoms with E-state index in [2.05, 4.69) is 55.4 Å². The normalized spacial score (nSPS) is 21.6. The summed E-state index contributed by atoms with van der Waals surface area (Å²) in [5.41, 5.74) is 1.45. The Bertz CT molecular complexity index is 590. The van der Waals surface area contributed by atoms with E-state index in [0.29, 0.717) is 6.04 Å². The molecular weight excluding hydrogens is 264 g/mol. The lowest BCUT2D eigenvalue weighted by atomic mass is 10.1. The minimum atomic E-state index is 0.457. The monoisotopic (exact) mass is 288 g/mol. The summed E-state index contributed by atoms with van der Waals surface area (Å²) in [5.74, 6) is 0.817. The molecule has 2 nitrogen and oxygen atoms in total. The van der Waals surface area contributed by atoms with E-state index in [4.69, 9.17) is 0 Å². The van der Waals surface area contributed by atoms with Crippen molar-refractivity contribution in [3.05, 3.63) is 34.7 Å². The lowest BCUT2D eigenvalue weighted by Gasteiger charge is -2.17. The number of thiophene rings is 1. The van der Waals surface area contributed by atoms with Gasteiger partial charge in [-0.3, -0.25) is 0 Å². The van der Waals surface area contributed by atoms with Crippen LogP contribution in [0.25, 0.3) is 10.1 Å². The molecule has 1 fully saturated rings. The first-order valence-corrected chi connectivity index (χ1v) is 8.36. The zero-order valence-electron chi connectivity index (χ0n) is 12.6. The first-order chi connectivity index (χ1) is 9.65. The van der Waals surface area contributed by atoms with Gasteiger partial charge in [0.25, 0.3) is 0 Å². The molecular formula is C17H24N2S. The molecule has 0 spiro atoms. The van der Waals surface area contributed by atoms with Crippen molar-refractivity contribution in [2.45, 2.75) is 26.3 Å². The zero-order valence-corrected chi connectivity index (χ0v) is 13.5. The van der Waals surface area contributed by atoms with Crippen LogP contribution in [-0.4, -0.2) is 31.6 Å². The fourth-order valence-corrected chi connectivity index (χ4v) is 4.47. The van der Waals surface area contributed by atoms with Crippen LogP contribution in [0.15, 0.2) is 24.3 Å². The van der Waals surface area contributed by atoms with Gasteiger partial charge in [-0.1, -0.05) is 18.2 Å². The molecule has 2 heterocycles. The molecule has 0 bridgehead atoms. The molecule has 108 valence electrons. The van der Waals surface area contributed by atoms with Gasteiger partial charge in [-0.15, -0.1) is 11.3 Å². The van der Waals surface area contributed by atoms with Crippen LogP contribution in [0.3, 0.4) is 0 Å². The van der Waals surface area contributed by atoms with Crippen LogP contribution in [-0.2, 0) is 0 Å². The van der Waals surface area contributed by atoms with Gasteiger partial charge in [0.05, 0.1) is 0 Å². The third-order valence-electron chi connectivity index (χ3n) is 4.48. The molecule has 0 radical (unpaired) electrons. The number of likely N-dealkylation sites (tertiary alicyclic amines) is 1. The van der Waals surface area contributed by atoms with E-state index in [1.54, 1.807) is 0 Å². The Morgan fingerprint density at radius 2 is 2.20 bits per heavy atom. The summed E-state index contributed by atoms with van der Waals surface area (Å²) in [6.45, 7) is 8.19. The summed E-state index contributed by atoms with van der Waals surface area (Å²) in [5, 5.41) is 5.17. The Labute approximate surface area is 125 Å². The predicted octanol–water partition coefficient (Wildman–Crippen LogP) is 3.81. The molecule has 2 atom stereocenters. The van der Waals surface area contributed by atoms with Gasteiger partial charge in [0.2, 0.25) is 0 Å². The largest absolute Gasteiger partial charge is 0.309 e. The molecule has 0 saturated carbocycles. The molecule has 1 aromatic heterocycles. The van der Waals surface area contributed by atoms with E-state index in [1.807, 2.05) is 11.3 Å². The smallest absolute Gasteiger partial charge is 0.0389 e. The first-order valence-electron chi connectivity index (χ1n) is 7.55. The molecule has 20 heavy (non-hydrogen) atoms. The molecule has 1 saturated heterocycles. The van der Waals surface area contributed by atoms with Crippen LogP contribution in [0.5, 0.6) is 0 Å². The van der Waals surface area contributed by atoms with Crippen molar-refractivity contribution in [2.75, 3.05) is 26.7 Å². The second kappa shape index (κ2) is 5.84. The summed E-state index contributed by atoms with van der Waals surface area (Å²) in [4.78, 5) is 3.93. The van der Waals surface area contributed by atoms with E-state index in [-0.39, 0.29) is 0 Å². The number of fused-ring (bicyclic) bond motifs is 1. The number of benzene rings is 1. The number of nitrogens with one attached hydrogen (secondary N) is 1. The first kappa shape index (κ1) is 14.1. The lowest BCUT2D eigenvalue weighted by Crippen LogP contribution is -2.27. The SMILES string of the molecule is Cc1c(C(C)NCC2CCN(C)C2)sc2ccccc12. The average Bonchev–Trinajstić information content (AvgIpc) is 3.01. The van der Waals surface area contributed by atoms with Crippen molar-refractivity contribution < 1.29 is 0 Å². The Kier molecular flexibility index (Phi) is 4.11. The van der Waals surface area contributed by atoms with Crippen LogP contribution < -0.4 is 5.32 Å². The Morgan fingerprint density at radius 1 is 1.40 bits per heavy atom. The van der Waals surface area contributed by atoms with Crippen molar-refractivity contribution in [2.24, 2.45) is 5.92 Å². The Balaban J connectivity index is 1.69. The topological polar surface area (TPSA) is 15.3 Å². The van der Waals surface area contributed by atoms with E-state index in [1.165, 1.54) is 40.0 Å². The predicted molar refractivity (Wildman–Crippen MR) is 88.6 cm³/mol. The molecule has 1 aliphatic rings. The van der Waals surface area contributed by atoms with Crippen LogP contribution in [0.4, 0.5) is 0 Å². The second-order valence-corrected chi connectivity index (χ2v) is 7.22. The summed E-state index contributed by atoms with van der Waals surface area (Å²) in [7, 11) is 2.22. The molecule has 0 aliphatic carbocycles. The van der Waals surface area contributed by atoms with Gasteiger partial charge < -0.3 is 10.2 Å². The van der Waals surface area contributed by atoms with Gasteiger partial charge in [0.1, 0.15) is 0 Å². The lowest BCUT2D eigenvalue weighted by molar-refractivity contribution is 0.382. The summed E-state index contributed by atoms with van der Waals surface area (Å²) < 4.78 is 1.41. The minimum absolute atomic E-state index is 0.457. The van der Waals surface area contributed by atoms with Crippen LogP contribution in [0.1, 0.15) is 29.8 Å². The van der Waals surface area contributed by atoms with Crippen molar-refractivity contribution >= 4 is 21.4 Å². The average molecular weight is 288 g/mol. The molecule has 2 unspecified atom stereocenters. The van der Waals surface area contributed by atoms with Crippen molar-refractivity contribution in [3.63, 3.8) is 0 Å². The van der Waals surface area contributed by atoms with E-state index in [9.17, 15) is 0 Å². The van der Waals surface area contributed by atoms with Crippen molar-refractivity contribution in [3.8, 4) is 0 Å². The van der Waals surface area contributed by atoms with E-state index in [0.717, 1.165) is 12.5 Å². The molecule has 1 N–H and O–H groups in total. The highest BCUT2D eigenvalue weighted by Gasteiger charge is 2.21. The maximum Gasteiger partial charge on any atom is 0.0389 e. The van der Waals surface area contributed by atoms with Gasteiger partial charge >= 0.3 is 0 Å². The molecule has 1 aromatic carbocycles. The third-order valence-corrected chi connectivity index (χ3v) is 5.93. The molecule has 0 amide bonds. The zero-order chi connectivity index (χ0) is 14.1. The van der Waals surface area contributed by atoms with Crippen molar-refractivity contribution in [1.82, 2.24) is 10.2 Å². The minimum Gasteiger partial charge on any atom is -0.309 e. The summed E-state index contributed by atoms with van der Waals surface area (Å²) >= 11 is 1.94. The number of hydrogen-bond acceptors (Lipinski definition) is 3. The molecule has 1 aliphatic heterocycles. The van der Waals surface area contributed by atoms with Gasteiger partial charge in [0.15, 0.2) is 0 Å². The highest BCUT2D eigenvalue weighted by atomic mass is 32.1. The van der Waals surface area contributed by atoms with E-state index < -0.39 is 0 Å². The fourth-order valence-electron chi connectivity index (χ4n) is 3.24. The summed E-state index contributed by atoms with van der Waals surface area (Å²) in [6.07, 6.45) is 1.33. The van der Waals surface area contributed by atoms with Crippen LogP contribution in [0.2, 0.25) is 0 Å². The second-order valence-electron chi connectivity index (χ2n) is 6.13. The quantitative estimate of drug-likeness (QED) is 0.920. The van der Waals surface area contributed by atoms with Gasteiger partial charge in [-0.25, -0.2) is 0 Å². The van der Waals surface area contributed by atoms with Crippen LogP contribution >= 0.6 is 11.3 Å². The van der Waals surface area contributed by atoms with E-state index >= 15 is 0 Å². The maximum atomic E-state index is 3.75. The summed E-state index contributed by atoms with van der Waals surface area (Å²) in [6, 6.07) is 9.20. The Morgan fingerprint density at radius 3 is 2.90 bits per heavy atom. The standard InChI is InChI=1S/C17H24N2S/c1-12-15-6-4-5-7-16(15)20-17(12)13(2)18-10-14-8-9-19(3)11-14/h4-7,13-14,18H,8-11H2,1-3H3. The maximum absolute atomic E-state index is 3.75. The number of rotatable bonds is 4. The third kappa shape index (κ3) is 2.76. The van der Waals surface area contributed by atoms with Gasteiger partial charge in [0, 0.05) is 22.2 Å².